The molecule has 0 radical (unpaired) electrons. The summed E-state index contributed by atoms with van der Waals surface area (Å²) in [6.07, 6.45) is 3.47. The Morgan fingerprint density at radius 2 is 2.39 bits per heavy atom. The average Bonchev–Trinajstić information content (AvgIpc) is 2.99. The van der Waals surface area contributed by atoms with Crippen molar-refractivity contribution in [3.05, 3.63) is 51.5 Å². The summed E-state index contributed by atoms with van der Waals surface area (Å²) in [7, 11) is 0. The molecule has 1 heterocycles. The van der Waals surface area contributed by atoms with Crippen LogP contribution >= 0.6 is 11.3 Å². The molecule has 0 bridgehead atoms. The summed E-state index contributed by atoms with van der Waals surface area (Å²) < 4.78 is 0. The minimum atomic E-state index is 0.540. The van der Waals surface area contributed by atoms with Crippen molar-refractivity contribution < 1.29 is 0 Å². The number of aryl methyl sites for hydroxylation is 2. The molecule has 1 unspecified atom stereocenters. The summed E-state index contributed by atoms with van der Waals surface area (Å²) in [4.78, 5) is 4.32. The third-order valence-corrected chi connectivity index (χ3v) is 4.27. The first-order valence-electron chi connectivity index (χ1n) is 6.53. The van der Waals surface area contributed by atoms with E-state index in [0.717, 1.165) is 13.0 Å². The van der Waals surface area contributed by atoms with Crippen LogP contribution < -0.4 is 5.32 Å². The largest absolute Gasteiger partial charge is 0.310 e. The van der Waals surface area contributed by atoms with Crippen molar-refractivity contribution in [3.63, 3.8) is 0 Å². The van der Waals surface area contributed by atoms with E-state index in [1.807, 2.05) is 5.51 Å². The quantitative estimate of drug-likeness (QED) is 0.910. The molecule has 1 atom stereocenters. The van der Waals surface area contributed by atoms with Crippen LogP contribution in [0.3, 0.4) is 0 Å². The molecule has 1 aromatic carbocycles. The van der Waals surface area contributed by atoms with Crippen LogP contribution in [0.15, 0.2) is 29.1 Å². The van der Waals surface area contributed by atoms with Crippen molar-refractivity contribution in [2.24, 2.45) is 0 Å². The van der Waals surface area contributed by atoms with E-state index in [2.05, 4.69) is 40.8 Å². The fourth-order valence-corrected chi connectivity index (χ4v) is 3.26. The van der Waals surface area contributed by atoms with Gasteiger partial charge < -0.3 is 5.32 Å². The van der Waals surface area contributed by atoms with E-state index < -0.39 is 0 Å². The van der Waals surface area contributed by atoms with E-state index >= 15 is 0 Å². The van der Waals surface area contributed by atoms with Gasteiger partial charge in [-0.3, -0.25) is 0 Å². The minimum Gasteiger partial charge on any atom is -0.310 e. The first-order valence-corrected chi connectivity index (χ1v) is 7.47. The maximum absolute atomic E-state index is 4.32. The Morgan fingerprint density at radius 3 is 3.22 bits per heavy atom. The molecule has 0 fully saturated rings. The van der Waals surface area contributed by atoms with E-state index in [0.29, 0.717) is 6.04 Å². The minimum absolute atomic E-state index is 0.540. The van der Waals surface area contributed by atoms with Gasteiger partial charge in [-0.1, -0.05) is 23.8 Å². The Kier molecular flexibility index (Phi) is 3.43. The molecule has 1 aromatic heterocycles. The maximum atomic E-state index is 4.32. The fourth-order valence-electron chi connectivity index (χ4n) is 2.67. The highest BCUT2D eigenvalue weighted by atomic mass is 32.1. The van der Waals surface area contributed by atoms with Gasteiger partial charge in [0.25, 0.3) is 0 Å². The summed E-state index contributed by atoms with van der Waals surface area (Å²) in [5.74, 6) is 0. The van der Waals surface area contributed by atoms with E-state index in [1.165, 1.54) is 35.2 Å². The topological polar surface area (TPSA) is 24.9 Å². The van der Waals surface area contributed by atoms with Crippen LogP contribution in [0.2, 0.25) is 0 Å². The lowest BCUT2D eigenvalue weighted by atomic mass is 10.1. The van der Waals surface area contributed by atoms with Gasteiger partial charge in [0.2, 0.25) is 0 Å². The molecule has 94 valence electrons. The highest BCUT2D eigenvalue weighted by Crippen LogP contribution is 2.31. The van der Waals surface area contributed by atoms with E-state index in [-0.39, 0.29) is 0 Å². The predicted octanol–water partition coefficient (Wildman–Crippen LogP) is 3.27. The summed E-state index contributed by atoms with van der Waals surface area (Å²) >= 11 is 1.67. The molecule has 3 rings (SSSR count). The zero-order valence-electron chi connectivity index (χ0n) is 10.6. The van der Waals surface area contributed by atoms with Gasteiger partial charge in [-0.2, -0.15) is 0 Å². The molecule has 2 aromatic rings. The SMILES string of the molecule is Cc1ccc2c(c1)C(NCCc1cscn1)CC2. The molecule has 0 aliphatic heterocycles. The number of nitrogens with one attached hydrogen (secondary N) is 1. The van der Waals surface area contributed by atoms with Crippen LogP contribution in [0.4, 0.5) is 0 Å². The Bertz CT molecular complexity index is 519. The second kappa shape index (κ2) is 5.21. The molecule has 0 saturated heterocycles. The van der Waals surface area contributed by atoms with Crippen LogP contribution in [-0.4, -0.2) is 11.5 Å². The second-order valence-corrected chi connectivity index (χ2v) is 5.70. The van der Waals surface area contributed by atoms with Crippen molar-refractivity contribution in [1.82, 2.24) is 10.3 Å². The molecule has 18 heavy (non-hydrogen) atoms. The number of hydrogen-bond acceptors (Lipinski definition) is 3. The Morgan fingerprint density at radius 1 is 1.44 bits per heavy atom. The molecule has 0 spiro atoms. The molecule has 3 heteroatoms. The van der Waals surface area contributed by atoms with E-state index in [1.54, 1.807) is 11.3 Å². The highest BCUT2D eigenvalue weighted by Gasteiger charge is 2.21. The third kappa shape index (κ3) is 2.47. The average molecular weight is 258 g/mol. The van der Waals surface area contributed by atoms with Gasteiger partial charge in [-0.05, 0) is 30.9 Å². The lowest BCUT2D eigenvalue weighted by molar-refractivity contribution is 0.532. The zero-order valence-corrected chi connectivity index (χ0v) is 11.5. The standard InChI is InChI=1S/C15H18N2S/c1-11-2-3-12-4-5-15(14(12)8-11)16-7-6-13-9-18-10-17-13/h2-3,8-10,15-16H,4-7H2,1H3. The van der Waals surface area contributed by atoms with E-state index in [4.69, 9.17) is 0 Å². The number of thiazole rings is 1. The zero-order chi connectivity index (χ0) is 12.4. The van der Waals surface area contributed by atoms with Crippen molar-refractivity contribution in [3.8, 4) is 0 Å². The summed E-state index contributed by atoms with van der Waals surface area (Å²) in [5.41, 5.74) is 7.50. The molecular weight excluding hydrogens is 240 g/mol. The number of hydrogen-bond donors (Lipinski definition) is 1. The first kappa shape index (κ1) is 11.9. The van der Waals surface area contributed by atoms with Gasteiger partial charge in [0, 0.05) is 24.4 Å². The summed E-state index contributed by atoms with van der Waals surface area (Å²) in [6.45, 7) is 3.19. The molecule has 1 aliphatic carbocycles. The number of fused-ring (bicyclic) bond motifs is 1. The molecule has 0 amide bonds. The fraction of sp³-hybridized carbons (Fsp3) is 0.400. The van der Waals surface area contributed by atoms with Crippen LogP contribution in [0.1, 0.15) is 34.8 Å². The number of aromatic nitrogens is 1. The lowest BCUT2D eigenvalue weighted by Crippen LogP contribution is -2.22. The molecule has 1 N–H and O–H groups in total. The van der Waals surface area contributed by atoms with Gasteiger partial charge >= 0.3 is 0 Å². The Balaban J connectivity index is 1.61. The molecule has 2 nitrogen and oxygen atoms in total. The Hall–Kier alpha value is -1.19. The van der Waals surface area contributed by atoms with Crippen molar-refractivity contribution in [2.45, 2.75) is 32.2 Å². The van der Waals surface area contributed by atoms with Gasteiger partial charge in [0.05, 0.1) is 11.2 Å². The smallest absolute Gasteiger partial charge is 0.0794 e. The first-order chi connectivity index (χ1) is 8.83. The van der Waals surface area contributed by atoms with Gasteiger partial charge in [-0.25, -0.2) is 4.98 Å². The number of rotatable bonds is 4. The lowest BCUT2D eigenvalue weighted by Gasteiger charge is -2.14. The van der Waals surface area contributed by atoms with Gasteiger partial charge in [0.1, 0.15) is 0 Å². The van der Waals surface area contributed by atoms with Crippen molar-refractivity contribution in [2.75, 3.05) is 6.54 Å². The van der Waals surface area contributed by atoms with Gasteiger partial charge in [0.15, 0.2) is 0 Å². The summed E-state index contributed by atoms with van der Waals surface area (Å²) in [5, 5.41) is 5.80. The normalized spacial score (nSPS) is 17.9. The Labute approximate surface area is 112 Å². The number of benzene rings is 1. The monoisotopic (exact) mass is 258 g/mol. The van der Waals surface area contributed by atoms with Crippen LogP contribution in [0.5, 0.6) is 0 Å². The summed E-state index contributed by atoms with van der Waals surface area (Å²) in [6, 6.07) is 7.38. The molecule has 0 saturated carbocycles. The predicted molar refractivity (Wildman–Crippen MR) is 76.1 cm³/mol. The second-order valence-electron chi connectivity index (χ2n) is 4.98. The maximum Gasteiger partial charge on any atom is 0.0794 e. The van der Waals surface area contributed by atoms with Crippen LogP contribution in [0.25, 0.3) is 0 Å². The molecule has 1 aliphatic rings. The van der Waals surface area contributed by atoms with Gasteiger partial charge in [-0.15, -0.1) is 11.3 Å². The molecular formula is C15H18N2S. The van der Waals surface area contributed by atoms with E-state index in [9.17, 15) is 0 Å². The van der Waals surface area contributed by atoms with Crippen molar-refractivity contribution >= 4 is 11.3 Å². The third-order valence-electron chi connectivity index (χ3n) is 3.63. The number of nitrogens with zero attached hydrogens (tertiary/aromatic N) is 1. The van der Waals surface area contributed by atoms with Crippen molar-refractivity contribution in [1.29, 1.82) is 0 Å². The van der Waals surface area contributed by atoms with Crippen LogP contribution in [-0.2, 0) is 12.8 Å². The highest BCUT2D eigenvalue weighted by molar-refractivity contribution is 7.07. The van der Waals surface area contributed by atoms with Crippen LogP contribution in [0, 0.1) is 6.92 Å².